The Bertz CT molecular complexity index is 1500. The van der Waals surface area contributed by atoms with Crippen LogP contribution in [0.25, 0.3) is 10.9 Å². The number of β-lactam (4-membered cyclic amide) rings is 1. The number of hydrogen-bond donors (Lipinski definition) is 4. The summed E-state index contributed by atoms with van der Waals surface area (Å²) in [6.07, 6.45) is 1.79. The molecule has 190 valence electrons. The zero-order valence-electron chi connectivity index (χ0n) is 19.3. The molecule has 1 fully saturated rings. The number of rotatable bonds is 7. The van der Waals surface area contributed by atoms with E-state index >= 15 is 0 Å². The second-order valence-corrected chi connectivity index (χ2v) is 10.2. The fraction of sp³-hybridized carbons (Fsp3) is 0.217. The van der Waals surface area contributed by atoms with Gasteiger partial charge in [-0.3, -0.25) is 14.5 Å². The SMILES string of the molecule is CO/N=C(\C(=O)NC1C(=O)N2C(C(=O)O)=C(C[n+]3cccc4ccc(O)cc43)CS[C@H]12)c1csc(N)n1. The number of anilines is 1. The zero-order chi connectivity index (χ0) is 26.3. The average Bonchev–Trinajstić information content (AvgIpc) is 3.31. The van der Waals surface area contributed by atoms with Crippen LogP contribution >= 0.6 is 23.1 Å². The maximum absolute atomic E-state index is 13.1. The number of aromatic hydroxyl groups is 1. The lowest BCUT2D eigenvalue weighted by Gasteiger charge is -2.49. The van der Waals surface area contributed by atoms with Crippen molar-refractivity contribution in [2.24, 2.45) is 5.16 Å². The van der Waals surface area contributed by atoms with Crippen LogP contribution in [0.3, 0.4) is 0 Å². The molecule has 0 bridgehead atoms. The van der Waals surface area contributed by atoms with Crippen LogP contribution in [0.5, 0.6) is 5.75 Å². The van der Waals surface area contributed by atoms with Crippen molar-refractivity contribution in [2.45, 2.75) is 18.0 Å². The van der Waals surface area contributed by atoms with E-state index in [0.29, 0.717) is 11.3 Å². The van der Waals surface area contributed by atoms with E-state index in [-0.39, 0.29) is 34.5 Å². The summed E-state index contributed by atoms with van der Waals surface area (Å²) in [7, 11) is 1.27. The van der Waals surface area contributed by atoms with Crippen molar-refractivity contribution in [3.63, 3.8) is 0 Å². The maximum atomic E-state index is 13.1. The van der Waals surface area contributed by atoms with Gasteiger partial charge in [-0.1, -0.05) is 5.16 Å². The lowest BCUT2D eigenvalue weighted by molar-refractivity contribution is -0.663. The Morgan fingerprint density at radius 1 is 1.38 bits per heavy atom. The summed E-state index contributed by atoms with van der Waals surface area (Å²) in [6, 6.07) is 7.71. The third-order valence-electron chi connectivity index (χ3n) is 5.93. The molecule has 2 aliphatic rings. The third-order valence-corrected chi connectivity index (χ3v) is 7.94. The van der Waals surface area contributed by atoms with Crippen molar-refractivity contribution in [3.8, 4) is 5.75 Å². The normalized spacial score (nSPS) is 19.4. The van der Waals surface area contributed by atoms with Gasteiger partial charge in [-0.05, 0) is 18.2 Å². The number of nitrogens with one attached hydrogen (secondary N) is 1. The molecule has 37 heavy (non-hydrogen) atoms. The molecule has 14 heteroatoms. The number of phenolic OH excluding ortho intramolecular Hbond substituents is 1. The van der Waals surface area contributed by atoms with Gasteiger partial charge in [0.2, 0.25) is 5.52 Å². The molecule has 0 saturated carbocycles. The number of nitrogens with zero attached hydrogens (tertiary/aromatic N) is 4. The molecule has 0 aliphatic carbocycles. The second-order valence-electron chi connectivity index (χ2n) is 8.19. The summed E-state index contributed by atoms with van der Waals surface area (Å²) in [5.41, 5.74) is 6.86. The van der Waals surface area contributed by atoms with Crippen LogP contribution in [0.1, 0.15) is 5.69 Å². The van der Waals surface area contributed by atoms with Crippen molar-refractivity contribution in [2.75, 3.05) is 18.6 Å². The third kappa shape index (κ3) is 4.44. The molecule has 1 aromatic carbocycles. The van der Waals surface area contributed by atoms with Gasteiger partial charge in [0.25, 0.3) is 11.8 Å². The molecular weight excluding hydrogens is 520 g/mol. The zero-order valence-corrected chi connectivity index (χ0v) is 21.0. The number of carboxylic acids is 1. The Balaban J connectivity index is 1.39. The summed E-state index contributed by atoms with van der Waals surface area (Å²) in [5.74, 6) is -2.06. The van der Waals surface area contributed by atoms with Gasteiger partial charge >= 0.3 is 5.97 Å². The highest BCUT2D eigenvalue weighted by Crippen LogP contribution is 2.40. The molecule has 5 rings (SSSR count). The molecule has 12 nitrogen and oxygen atoms in total. The molecule has 0 spiro atoms. The molecule has 2 aliphatic heterocycles. The van der Waals surface area contributed by atoms with Gasteiger partial charge in [-0.15, -0.1) is 23.1 Å². The van der Waals surface area contributed by atoms with Crippen molar-refractivity contribution in [3.05, 3.63) is 58.9 Å². The van der Waals surface area contributed by atoms with Gasteiger partial charge in [-0.25, -0.2) is 9.78 Å². The van der Waals surface area contributed by atoms with Gasteiger partial charge < -0.3 is 26.1 Å². The number of hydrogen-bond acceptors (Lipinski definition) is 10. The predicted molar refractivity (Wildman–Crippen MR) is 136 cm³/mol. The topological polar surface area (TPSA) is 171 Å². The number of amides is 2. The number of benzene rings is 1. The fourth-order valence-corrected chi connectivity index (χ4v) is 6.19. The summed E-state index contributed by atoms with van der Waals surface area (Å²) < 4.78 is 1.82. The van der Waals surface area contributed by atoms with Crippen molar-refractivity contribution < 1.29 is 34.0 Å². The Kier molecular flexibility index (Phi) is 6.43. The fourth-order valence-electron chi connectivity index (χ4n) is 4.30. The number of aromatic nitrogens is 2. The van der Waals surface area contributed by atoms with Crippen molar-refractivity contribution in [1.29, 1.82) is 0 Å². The first-order valence-electron chi connectivity index (χ1n) is 10.9. The quantitative estimate of drug-likeness (QED) is 0.145. The Hall–Kier alpha value is -4.17. The monoisotopic (exact) mass is 541 g/mol. The lowest BCUT2D eigenvalue weighted by Crippen LogP contribution is -2.71. The van der Waals surface area contributed by atoms with Crippen LogP contribution in [0.4, 0.5) is 5.13 Å². The molecule has 1 saturated heterocycles. The number of fused-ring (bicyclic) bond motifs is 2. The number of carboxylic acid groups (broad SMARTS) is 1. The molecular formula is C23H21N6O6S2+. The Morgan fingerprint density at radius 3 is 2.89 bits per heavy atom. The summed E-state index contributed by atoms with van der Waals surface area (Å²) in [4.78, 5) is 48.3. The molecule has 2 aromatic heterocycles. The molecule has 5 N–H and O–H groups in total. The average molecular weight is 542 g/mol. The first-order valence-corrected chi connectivity index (χ1v) is 12.9. The maximum Gasteiger partial charge on any atom is 0.352 e. The van der Waals surface area contributed by atoms with Gasteiger partial charge in [0.1, 0.15) is 35.7 Å². The van der Waals surface area contributed by atoms with Crippen LogP contribution < -0.4 is 15.6 Å². The molecule has 4 heterocycles. The van der Waals surface area contributed by atoms with Crippen molar-refractivity contribution >= 4 is 62.6 Å². The minimum absolute atomic E-state index is 0.0891. The minimum Gasteiger partial charge on any atom is -0.508 e. The number of carbonyl (C=O) groups is 3. The summed E-state index contributed by atoms with van der Waals surface area (Å²) in [6.45, 7) is 0.207. The van der Waals surface area contributed by atoms with Crippen LogP contribution in [0.15, 0.2) is 58.3 Å². The first kappa shape index (κ1) is 24.5. The first-order chi connectivity index (χ1) is 17.8. The van der Waals surface area contributed by atoms with Crippen LogP contribution in [-0.2, 0) is 25.8 Å². The number of oxime groups is 1. The standard InChI is InChI=1S/C23H20N6O6S2/c1-35-27-16(14-10-37-23(24)25-14)19(31)26-17-20(32)29-18(22(33)34)12(9-36-21(17)29)8-28-6-2-3-11-4-5-13(30)7-15(11)28/h2-7,10,17,21H,8-9H2,1H3,(H4,24,25,26,31,33,34)/p+1/b27-16-/t17?,21-/m1/s1. The number of aliphatic carboxylic acids is 1. The van der Waals surface area contributed by atoms with Crippen LogP contribution in [-0.4, -0.2) is 67.9 Å². The number of thiazole rings is 1. The van der Waals surface area contributed by atoms with E-state index in [0.717, 1.165) is 22.2 Å². The lowest BCUT2D eigenvalue weighted by atomic mass is 10.0. The number of carbonyl (C=O) groups excluding carboxylic acids is 2. The number of pyridine rings is 1. The Morgan fingerprint density at radius 2 is 2.19 bits per heavy atom. The van der Waals surface area contributed by atoms with E-state index in [1.54, 1.807) is 29.8 Å². The van der Waals surface area contributed by atoms with E-state index in [1.807, 2.05) is 16.7 Å². The van der Waals surface area contributed by atoms with E-state index < -0.39 is 29.2 Å². The Labute approximate surface area is 218 Å². The van der Waals surface area contributed by atoms with Gasteiger partial charge in [0, 0.05) is 28.2 Å². The molecule has 3 aromatic rings. The summed E-state index contributed by atoms with van der Waals surface area (Å²) in [5, 5.41) is 28.3. The van der Waals surface area contributed by atoms with E-state index in [9.17, 15) is 24.6 Å². The highest BCUT2D eigenvalue weighted by molar-refractivity contribution is 8.00. The minimum atomic E-state index is -1.23. The molecule has 2 atom stereocenters. The van der Waals surface area contributed by atoms with Crippen molar-refractivity contribution in [1.82, 2.24) is 15.2 Å². The van der Waals surface area contributed by atoms with E-state index in [4.69, 9.17) is 10.6 Å². The van der Waals surface area contributed by atoms with E-state index in [2.05, 4.69) is 15.5 Å². The largest absolute Gasteiger partial charge is 0.508 e. The van der Waals surface area contributed by atoms with E-state index in [1.165, 1.54) is 23.8 Å². The highest BCUT2D eigenvalue weighted by atomic mass is 32.2. The molecule has 2 amide bonds. The summed E-state index contributed by atoms with van der Waals surface area (Å²) >= 11 is 2.47. The van der Waals surface area contributed by atoms with Crippen LogP contribution in [0.2, 0.25) is 0 Å². The van der Waals surface area contributed by atoms with Gasteiger partial charge in [0.05, 0.1) is 6.07 Å². The number of phenols is 1. The van der Waals surface area contributed by atoms with Gasteiger partial charge in [-0.2, -0.15) is 4.57 Å². The van der Waals surface area contributed by atoms with Crippen LogP contribution in [0, 0.1) is 0 Å². The molecule has 1 unspecified atom stereocenters. The number of thioether (sulfide) groups is 1. The number of nitrogens with two attached hydrogens (primary N) is 1. The highest BCUT2D eigenvalue weighted by Gasteiger charge is 2.54. The predicted octanol–water partition coefficient (Wildman–Crippen LogP) is 0.661. The smallest absolute Gasteiger partial charge is 0.352 e. The van der Waals surface area contributed by atoms with Gasteiger partial charge in [0.15, 0.2) is 23.6 Å². The second kappa shape index (κ2) is 9.71. The number of nitrogen functional groups attached to an aromatic ring is 1. The molecule has 0 radical (unpaired) electrons.